The van der Waals surface area contributed by atoms with Crippen LogP contribution in [0.15, 0.2) is 53.0 Å². The highest BCUT2D eigenvalue weighted by Gasteiger charge is 2.41. The molecule has 6 nitrogen and oxygen atoms in total. The van der Waals surface area contributed by atoms with Crippen molar-refractivity contribution in [2.75, 3.05) is 5.32 Å². The van der Waals surface area contributed by atoms with E-state index in [-0.39, 0.29) is 34.1 Å². The Hall–Kier alpha value is -2.67. The van der Waals surface area contributed by atoms with Gasteiger partial charge in [-0.15, -0.1) is 0 Å². The maximum atomic E-state index is 11.7. The van der Waals surface area contributed by atoms with Gasteiger partial charge < -0.3 is 10.4 Å². The fourth-order valence-corrected chi connectivity index (χ4v) is 4.53. The monoisotopic (exact) mass is 414 g/mol. The SMILES string of the molecule is O=C(O)c1cc(Br)cc2c1N[C@@H](c1ccccc1[N+](=O)[O-])[C@H]1CC=C[C@@H]21. The van der Waals surface area contributed by atoms with Gasteiger partial charge in [0.25, 0.3) is 5.69 Å². The predicted molar refractivity (Wildman–Crippen MR) is 101 cm³/mol. The third-order valence-corrected chi connectivity index (χ3v) is 5.59. The van der Waals surface area contributed by atoms with E-state index in [0.29, 0.717) is 15.7 Å². The summed E-state index contributed by atoms with van der Waals surface area (Å²) >= 11 is 3.39. The van der Waals surface area contributed by atoms with Gasteiger partial charge >= 0.3 is 5.97 Å². The molecular weight excluding hydrogens is 400 g/mol. The normalized spacial score (nSPS) is 23.0. The molecule has 1 heterocycles. The lowest BCUT2D eigenvalue weighted by Gasteiger charge is -2.38. The predicted octanol–water partition coefficient (Wildman–Crippen LogP) is 4.88. The van der Waals surface area contributed by atoms with Crippen molar-refractivity contribution in [3.05, 3.63) is 79.8 Å². The fraction of sp³-hybridized carbons (Fsp3) is 0.211. The Morgan fingerprint density at radius 2 is 2.04 bits per heavy atom. The zero-order valence-electron chi connectivity index (χ0n) is 13.6. The van der Waals surface area contributed by atoms with Crippen LogP contribution in [0.3, 0.4) is 0 Å². The number of nitro benzene ring substituents is 1. The van der Waals surface area contributed by atoms with E-state index < -0.39 is 5.97 Å². The van der Waals surface area contributed by atoms with Gasteiger partial charge in [-0.05, 0) is 30.0 Å². The number of allylic oxidation sites excluding steroid dienone is 2. The number of benzene rings is 2. The molecule has 0 amide bonds. The second kappa shape index (κ2) is 6.25. The largest absolute Gasteiger partial charge is 0.478 e. The summed E-state index contributed by atoms with van der Waals surface area (Å²) < 4.78 is 0.707. The zero-order valence-corrected chi connectivity index (χ0v) is 15.1. The van der Waals surface area contributed by atoms with Crippen LogP contribution in [0.4, 0.5) is 11.4 Å². The molecule has 0 fully saturated rings. The minimum Gasteiger partial charge on any atom is -0.478 e. The molecule has 3 atom stereocenters. The lowest BCUT2D eigenvalue weighted by molar-refractivity contribution is -0.385. The van der Waals surface area contributed by atoms with Crippen molar-refractivity contribution in [3.63, 3.8) is 0 Å². The van der Waals surface area contributed by atoms with Gasteiger partial charge in [0.2, 0.25) is 0 Å². The molecule has 0 unspecified atom stereocenters. The molecule has 0 saturated carbocycles. The number of hydrogen-bond donors (Lipinski definition) is 2. The van der Waals surface area contributed by atoms with Crippen molar-refractivity contribution >= 4 is 33.3 Å². The lowest BCUT2D eigenvalue weighted by atomic mass is 9.76. The number of nitrogens with zero attached hydrogens (tertiary/aromatic N) is 1. The molecule has 0 saturated heterocycles. The number of carboxylic acid groups (broad SMARTS) is 1. The molecular formula is C19H15BrN2O4. The molecule has 1 aliphatic carbocycles. The quantitative estimate of drug-likeness (QED) is 0.424. The second-order valence-electron chi connectivity index (χ2n) is 6.51. The minimum atomic E-state index is -1.03. The van der Waals surface area contributed by atoms with Gasteiger partial charge in [-0.2, -0.15) is 0 Å². The molecule has 2 aliphatic rings. The number of halogens is 1. The van der Waals surface area contributed by atoms with Crippen LogP contribution in [0.2, 0.25) is 0 Å². The summed E-state index contributed by atoms with van der Waals surface area (Å²) in [5, 5.41) is 24.4. The third-order valence-electron chi connectivity index (χ3n) is 5.13. The van der Waals surface area contributed by atoms with Gasteiger partial charge in [-0.25, -0.2) is 4.79 Å². The topological polar surface area (TPSA) is 92.5 Å². The lowest BCUT2D eigenvalue weighted by Crippen LogP contribution is -2.30. The van der Waals surface area contributed by atoms with Crippen molar-refractivity contribution in [1.82, 2.24) is 0 Å². The second-order valence-corrected chi connectivity index (χ2v) is 7.43. The van der Waals surface area contributed by atoms with Crippen molar-refractivity contribution < 1.29 is 14.8 Å². The van der Waals surface area contributed by atoms with Crippen molar-refractivity contribution in [2.45, 2.75) is 18.4 Å². The van der Waals surface area contributed by atoms with Crippen LogP contribution in [-0.2, 0) is 0 Å². The highest BCUT2D eigenvalue weighted by Crippen LogP contribution is 2.52. The number of para-hydroxylation sites is 1. The van der Waals surface area contributed by atoms with E-state index in [1.807, 2.05) is 6.07 Å². The Morgan fingerprint density at radius 3 is 2.77 bits per heavy atom. The number of carboxylic acids is 1. The Bertz CT molecular complexity index is 957. The fourth-order valence-electron chi connectivity index (χ4n) is 4.06. The van der Waals surface area contributed by atoms with Crippen LogP contribution in [0.25, 0.3) is 0 Å². The van der Waals surface area contributed by atoms with Gasteiger partial charge in [0.05, 0.1) is 27.8 Å². The van der Waals surface area contributed by atoms with E-state index in [2.05, 4.69) is 33.4 Å². The van der Waals surface area contributed by atoms with Crippen molar-refractivity contribution in [3.8, 4) is 0 Å². The van der Waals surface area contributed by atoms with E-state index in [4.69, 9.17) is 0 Å². The Kier molecular flexibility index (Phi) is 4.03. The summed E-state index contributed by atoms with van der Waals surface area (Å²) in [6, 6.07) is 9.81. The number of rotatable bonds is 3. The van der Waals surface area contributed by atoms with Crippen molar-refractivity contribution in [2.24, 2.45) is 5.92 Å². The molecule has 0 radical (unpaired) electrons. The molecule has 4 rings (SSSR count). The van der Waals surface area contributed by atoms with Gasteiger partial charge in [0.15, 0.2) is 0 Å². The Balaban J connectivity index is 1.90. The average molecular weight is 415 g/mol. The van der Waals surface area contributed by atoms with Gasteiger partial charge in [0.1, 0.15) is 0 Å². The molecule has 1 aliphatic heterocycles. The van der Waals surface area contributed by atoms with Gasteiger partial charge in [-0.1, -0.05) is 46.3 Å². The summed E-state index contributed by atoms with van der Waals surface area (Å²) in [5.74, 6) is -0.914. The number of nitrogens with one attached hydrogen (secondary N) is 1. The average Bonchev–Trinajstić information content (AvgIpc) is 3.10. The molecule has 0 aromatic heterocycles. The number of aromatic carboxylic acids is 1. The zero-order chi connectivity index (χ0) is 18.4. The number of hydrogen-bond acceptors (Lipinski definition) is 4. The molecule has 0 bridgehead atoms. The van der Waals surface area contributed by atoms with E-state index in [0.717, 1.165) is 12.0 Å². The maximum absolute atomic E-state index is 11.7. The smallest absolute Gasteiger partial charge is 0.337 e. The number of nitro groups is 1. The highest BCUT2D eigenvalue weighted by molar-refractivity contribution is 9.10. The maximum Gasteiger partial charge on any atom is 0.337 e. The number of anilines is 1. The van der Waals surface area contributed by atoms with Crippen molar-refractivity contribution in [1.29, 1.82) is 0 Å². The van der Waals surface area contributed by atoms with Gasteiger partial charge in [0, 0.05) is 16.5 Å². The standard InChI is InChI=1S/C19H15BrN2O4/c20-10-8-14-11-5-3-6-12(11)17(21-18(14)15(9-10)19(23)24)13-4-1-2-7-16(13)22(25)26/h1-5,7-9,11-12,17,21H,6H2,(H,23,24)/t11-,12+,17-/m1/s1. The van der Waals surface area contributed by atoms with Crippen LogP contribution in [0, 0.1) is 16.0 Å². The Labute approximate surface area is 157 Å². The van der Waals surface area contributed by atoms with E-state index in [1.165, 1.54) is 6.07 Å². The Morgan fingerprint density at radius 1 is 1.27 bits per heavy atom. The molecule has 132 valence electrons. The summed E-state index contributed by atoms with van der Waals surface area (Å²) in [4.78, 5) is 22.8. The van der Waals surface area contributed by atoms with E-state index >= 15 is 0 Å². The summed E-state index contributed by atoms with van der Waals surface area (Å²) in [6.07, 6.45) is 4.92. The molecule has 0 spiro atoms. The van der Waals surface area contributed by atoms with Crippen LogP contribution in [-0.4, -0.2) is 16.0 Å². The third kappa shape index (κ3) is 2.59. The first-order chi connectivity index (χ1) is 12.5. The first-order valence-electron chi connectivity index (χ1n) is 8.20. The first-order valence-corrected chi connectivity index (χ1v) is 9.00. The minimum absolute atomic E-state index is 0.0201. The molecule has 2 aromatic rings. The first kappa shape index (κ1) is 16.8. The summed E-state index contributed by atoms with van der Waals surface area (Å²) in [6.45, 7) is 0. The van der Waals surface area contributed by atoms with Gasteiger partial charge in [-0.3, -0.25) is 10.1 Å². The molecule has 7 heteroatoms. The van der Waals surface area contributed by atoms with Crippen LogP contribution in [0.1, 0.15) is 39.9 Å². The highest BCUT2D eigenvalue weighted by atomic mass is 79.9. The van der Waals surface area contributed by atoms with E-state index in [9.17, 15) is 20.0 Å². The van der Waals surface area contributed by atoms with Crippen LogP contribution in [0.5, 0.6) is 0 Å². The molecule has 2 aromatic carbocycles. The molecule has 2 N–H and O–H groups in total. The summed E-state index contributed by atoms with van der Waals surface area (Å²) in [7, 11) is 0. The van der Waals surface area contributed by atoms with E-state index in [1.54, 1.807) is 24.3 Å². The molecule has 26 heavy (non-hydrogen) atoms. The van der Waals surface area contributed by atoms with Crippen LogP contribution >= 0.6 is 15.9 Å². The summed E-state index contributed by atoms with van der Waals surface area (Å²) in [5.41, 5.74) is 2.24. The number of fused-ring (bicyclic) bond motifs is 3. The number of carbonyl (C=O) groups is 1. The van der Waals surface area contributed by atoms with Crippen LogP contribution < -0.4 is 5.32 Å².